The smallest absolute Gasteiger partial charge is 0.220 e. The van der Waals surface area contributed by atoms with Gasteiger partial charge in [-0.05, 0) is 42.9 Å². The quantitative estimate of drug-likeness (QED) is 0.479. The summed E-state index contributed by atoms with van der Waals surface area (Å²) >= 11 is 0. The van der Waals surface area contributed by atoms with Gasteiger partial charge in [0.05, 0.1) is 12.3 Å². The van der Waals surface area contributed by atoms with E-state index in [-0.39, 0.29) is 5.91 Å². The first-order valence-corrected chi connectivity index (χ1v) is 8.80. The molecule has 1 amide bonds. The molecule has 0 aliphatic heterocycles. The van der Waals surface area contributed by atoms with E-state index in [1.165, 1.54) is 6.42 Å². The first-order chi connectivity index (χ1) is 11.0. The molecule has 0 aliphatic carbocycles. The van der Waals surface area contributed by atoms with Crippen molar-refractivity contribution in [3.63, 3.8) is 0 Å². The molecule has 0 aliphatic rings. The normalized spacial score (nSPS) is 10.8. The van der Waals surface area contributed by atoms with Crippen molar-refractivity contribution < 1.29 is 9.53 Å². The summed E-state index contributed by atoms with van der Waals surface area (Å²) in [5.74, 6) is 1.46. The van der Waals surface area contributed by atoms with Crippen LogP contribution in [0.15, 0.2) is 18.2 Å². The van der Waals surface area contributed by atoms with Gasteiger partial charge in [-0.1, -0.05) is 39.7 Å². The number of hydrogen-bond donors (Lipinski definition) is 2. The molecule has 0 aromatic heterocycles. The van der Waals surface area contributed by atoms with Crippen LogP contribution in [0.2, 0.25) is 0 Å². The Labute approximate surface area is 140 Å². The molecule has 0 saturated carbocycles. The third-order valence-corrected chi connectivity index (χ3v) is 3.77. The topological polar surface area (TPSA) is 64.3 Å². The fraction of sp³-hybridized carbons (Fsp3) is 0.632. The summed E-state index contributed by atoms with van der Waals surface area (Å²) in [6, 6.07) is 5.81. The van der Waals surface area contributed by atoms with Crippen LogP contribution in [0.4, 0.5) is 5.69 Å². The summed E-state index contributed by atoms with van der Waals surface area (Å²) in [4.78, 5) is 11.8. The SMILES string of the molecule is CCCCCNC(=O)CCc1ccc(OCCC(C)C)c(N)c1. The zero-order valence-electron chi connectivity index (χ0n) is 14.9. The van der Waals surface area contributed by atoms with Crippen molar-refractivity contribution in [2.45, 2.75) is 59.3 Å². The maximum atomic E-state index is 11.8. The van der Waals surface area contributed by atoms with Gasteiger partial charge in [-0.2, -0.15) is 0 Å². The molecule has 1 rings (SSSR count). The summed E-state index contributed by atoms with van der Waals surface area (Å²) < 4.78 is 5.70. The second kappa shape index (κ2) is 10.9. The molecule has 0 unspecified atom stereocenters. The van der Waals surface area contributed by atoms with Crippen LogP contribution in [0, 0.1) is 5.92 Å². The average molecular weight is 320 g/mol. The Morgan fingerprint density at radius 3 is 2.74 bits per heavy atom. The molecule has 3 N–H and O–H groups in total. The Morgan fingerprint density at radius 1 is 1.30 bits per heavy atom. The van der Waals surface area contributed by atoms with E-state index in [2.05, 4.69) is 26.1 Å². The number of nitrogens with two attached hydrogens (primary N) is 1. The Morgan fingerprint density at radius 2 is 2.09 bits per heavy atom. The number of benzene rings is 1. The Kier molecular flexibility index (Phi) is 9.18. The van der Waals surface area contributed by atoms with Crippen LogP contribution >= 0.6 is 0 Å². The van der Waals surface area contributed by atoms with E-state index in [1.807, 2.05) is 18.2 Å². The summed E-state index contributed by atoms with van der Waals surface area (Å²) in [5.41, 5.74) is 7.75. The number of anilines is 1. The molecule has 0 saturated heterocycles. The van der Waals surface area contributed by atoms with E-state index in [0.29, 0.717) is 31.1 Å². The lowest BCUT2D eigenvalue weighted by atomic mass is 10.1. The third kappa shape index (κ3) is 8.48. The number of carbonyl (C=O) groups is 1. The standard InChI is InChI=1S/C19H32N2O2/c1-4-5-6-12-21-19(22)10-8-16-7-9-18(17(20)14-16)23-13-11-15(2)3/h7,9,14-15H,4-6,8,10-13,20H2,1-3H3,(H,21,22). The number of carbonyl (C=O) groups excluding carboxylic acids is 1. The molecule has 1 aromatic rings. The van der Waals surface area contributed by atoms with Crippen molar-refractivity contribution in [2.75, 3.05) is 18.9 Å². The minimum Gasteiger partial charge on any atom is -0.491 e. The summed E-state index contributed by atoms with van der Waals surface area (Å²) in [6.07, 6.45) is 5.60. The van der Waals surface area contributed by atoms with Crippen LogP contribution in [0.5, 0.6) is 5.75 Å². The zero-order chi connectivity index (χ0) is 17.1. The summed E-state index contributed by atoms with van der Waals surface area (Å²) in [7, 11) is 0. The second-order valence-corrected chi connectivity index (χ2v) is 6.46. The maximum absolute atomic E-state index is 11.8. The summed E-state index contributed by atoms with van der Waals surface area (Å²) in [5, 5.41) is 2.96. The van der Waals surface area contributed by atoms with Gasteiger partial charge in [0.1, 0.15) is 5.75 Å². The van der Waals surface area contributed by atoms with E-state index in [4.69, 9.17) is 10.5 Å². The maximum Gasteiger partial charge on any atom is 0.220 e. The lowest BCUT2D eigenvalue weighted by molar-refractivity contribution is -0.121. The van der Waals surface area contributed by atoms with Crippen LogP contribution in [0.3, 0.4) is 0 Å². The predicted molar refractivity (Wildman–Crippen MR) is 96.7 cm³/mol. The van der Waals surface area contributed by atoms with E-state index < -0.39 is 0 Å². The fourth-order valence-electron chi connectivity index (χ4n) is 2.24. The van der Waals surface area contributed by atoms with Crippen LogP contribution in [0.25, 0.3) is 0 Å². The highest BCUT2D eigenvalue weighted by Gasteiger charge is 2.06. The van der Waals surface area contributed by atoms with Gasteiger partial charge in [0.25, 0.3) is 0 Å². The first-order valence-electron chi connectivity index (χ1n) is 8.80. The van der Waals surface area contributed by atoms with Crippen LogP contribution in [0.1, 0.15) is 58.4 Å². The van der Waals surface area contributed by atoms with Crippen LogP contribution < -0.4 is 15.8 Å². The van der Waals surface area contributed by atoms with Gasteiger partial charge in [-0.3, -0.25) is 4.79 Å². The van der Waals surface area contributed by atoms with Gasteiger partial charge < -0.3 is 15.8 Å². The van der Waals surface area contributed by atoms with Crippen molar-refractivity contribution in [2.24, 2.45) is 5.92 Å². The van der Waals surface area contributed by atoms with Gasteiger partial charge in [0, 0.05) is 13.0 Å². The number of nitrogen functional groups attached to an aromatic ring is 1. The van der Waals surface area contributed by atoms with Gasteiger partial charge in [0.2, 0.25) is 5.91 Å². The molecule has 4 nitrogen and oxygen atoms in total. The average Bonchev–Trinajstić information content (AvgIpc) is 2.51. The lowest BCUT2D eigenvalue weighted by Gasteiger charge is -2.11. The zero-order valence-corrected chi connectivity index (χ0v) is 14.9. The minimum absolute atomic E-state index is 0.108. The first kappa shape index (κ1) is 19.3. The van der Waals surface area contributed by atoms with E-state index >= 15 is 0 Å². The number of amides is 1. The molecular formula is C19H32N2O2. The summed E-state index contributed by atoms with van der Waals surface area (Å²) in [6.45, 7) is 7.95. The fourth-order valence-corrected chi connectivity index (χ4v) is 2.24. The molecule has 4 heteroatoms. The highest BCUT2D eigenvalue weighted by atomic mass is 16.5. The molecule has 130 valence electrons. The van der Waals surface area contributed by atoms with Crippen molar-refractivity contribution in [1.82, 2.24) is 5.32 Å². The number of ether oxygens (including phenoxy) is 1. The molecule has 0 heterocycles. The van der Waals surface area contributed by atoms with Crippen LogP contribution in [-0.2, 0) is 11.2 Å². The van der Waals surface area contributed by atoms with Gasteiger partial charge in [-0.15, -0.1) is 0 Å². The number of nitrogens with one attached hydrogen (secondary N) is 1. The molecule has 1 aromatic carbocycles. The highest BCUT2D eigenvalue weighted by Crippen LogP contribution is 2.23. The molecule has 0 fully saturated rings. The number of aryl methyl sites for hydroxylation is 1. The molecule has 23 heavy (non-hydrogen) atoms. The predicted octanol–water partition coefficient (Wildman–Crippen LogP) is 3.93. The minimum atomic E-state index is 0.108. The number of unbranched alkanes of at least 4 members (excludes halogenated alkanes) is 2. The van der Waals surface area contributed by atoms with E-state index in [0.717, 1.165) is 37.1 Å². The van der Waals surface area contributed by atoms with E-state index in [1.54, 1.807) is 0 Å². The van der Waals surface area contributed by atoms with Crippen molar-refractivity contribution in [3.05, 3.63) is 23.8 Å². The van der Waals surface area contributed by atoms with Crippen molar-refractivity contribution in [1.29, 1.82) is 0 Å². The van der Waals surface area contributed by atoms with Gasteiger partial charge >= 0.3 is 0 Å². The molecule has 0 spiro atoms. The Bertz CT molecular complexity index is 472. The number of hydrogen-bond acceptors (Lipinski definition) is 3. The molecular weight excluding hydrogens is 288 g/mol. The molecule has 0 bridgehead atoms. The Hall–Kier alpha value is -1.71. The van der Waals surface area contributed by atoms with Crippen molar-refractivity contribution in [3.8, 4) is 5.75 Å². The van der Waals surface area contributed by atoms with Gasteiger partial charge in [0.15, 0.2) is 0 Å². The van der Waals surface area contributed by atoms with Crippen molar-refractivity contribution >= 4 is 11.6 Å². The highest BCUT2D eigenvalue weighted by molar-refractivity contribution is 5.76. The largest absolute Gasteiger partial charge is 0.491 e. The van der Waals surface area contributed by atoms with Crippen LogP contribution in [-0.4, -0.2) is 19.1 Å². The number of rotatable bonds is 11. The monoisotopic (exact) mass is 320 g/mol. The third-order valence-electron chi connectivity index (χ3n) is 3.77. The molecule has 0 radical (unpaired) electrons. The van der Waals surface area contributed by atoms with Gasteiger partial charge in [-0.25, -0.2) is 0 Å². The molecule has 0 atom stereocenters. The second-order valence-electron chi connectivity index (χ2n) is 6.46. The lowest BCUT2D eigenvalue weighted by Crippen LogP contribution is -2.24. The van der Waals surface area contributed by atoms with E-state index in [9.17, 15) is 4.79 Å². The Balaban J connectivity index is 2.34.